The summed E-state index contributed by atoms with van der Waals surface area (Å²) in [6, 6.07) is 10.5. The minimum absolute atomic E-state index is 0.0473. The monoisotopic (exact) mass is 358 g/mol. The zero-order chi connectivity index (χ0) is 17.8. The molecular weight excluding hydrogens is 343 g/mol. The van der Waals surface area contributed by atoms with Crippen LogP contribution < -0.4 is 10.1 Å². The third kappa shape index (κ3) is 4.19. The summed E-state index contributed by atoms with van der Waals surface area (Å²) in [7, 11) is 0. The SMILES string of the molecule is CCOc1cc(C=C2SC(=Nc3ccc(F)cc3)NC2=O)ccc1O. The maximum atomic E-state index is 12.9. The van der Waals surface area contributed by atoms with E-state index in [4.69, 9.17) is 4.74 Å². The molecule has 2 N–H and O–H groups in total. The van der Waals surface area contributed by atoms with Crippen LogP contribution in [-0.2, 0) is 4.79 Å². The van der Waals surface area contributed by atoms with Crippen LogP contribution in [-0.4, -0.2) is 22.8 Å². The Morgan fingerprint density at radius 1 is 1.28 bits per heavy atom. The van der Waals surface area contributed by atoms with Crippen LogP contribution in [0.1, 0.15) is 12.5 Å². The van der Waals surface area contributed by atoms with Crippen LogP contribution in [0, 0.1) is 5.82 Å². The highest BCUT2D eigenvalue weighted by Gasteiger charge is 2.23. The minimum Gasteiger partial charge on any atom is -0.504 e. The molecule has 2 aromatic rings. The second kappa shape index (κ2) is 7.40. The van der Waals surface area contributed by atoms with Crippen molar-refractivity contribution in [3.8, 4) is 11.5 Å². The number of aliphatic imine (C=N–C) groups is 1. The molecule has 5 nitrogen and oxygen atoms in total. The van der Waals surface area contributed by atoms with Crippen LogP contribution in [0.4, 0.5) is 10.1 Å². The van der Waals surface area contributed by atoms with E-state index < -0.39 is 0 Å². The van der Waals surface area contributed by atoms with Gasteiger partial charge in [-0.1, -0.05) is 6.07 Å². The maximum absolute atomic E-state index is 12.9. The molecule has 0 radical (unpaired) electrons. The van der Waals surface area contributed by atoms with Crippen molar-refractivity contribution >= 4 is 34.6 Å². The largest absolute Gasteiger partial charge is 0.504 e. The number of nitrogens with zero attached hydrogens (tertiary/aromatic N) is 1. The number of aromatic hydroxyl groups is 1. The number of carbonyl (C=O) groups is 1. The Kier molecular flexibility index (Phi) is 5.04. The number of amides is 1. The molecule has 1 amide bonds. The van der Waals surface area contributed by atoms with Crippen molar-refractivity contribution in [3.63, 3.8) is 0 Å². The summed E-state index contributed by atoms with van der Waals surface area (Å²) in [4.78, 5) is 16.8. The van der Waals surface area contributed by atoms with Crippen molar-refractivity contribution in [2.24, 2.45) is 4.99 Å². The highest BCUT2D eigenvalue weighted by atomic mass is 32.2. The zero-order valence-electron chi connectivity index (χ0n) is 13.3. The van der Waals surface area contributed by atoms with Crippen LogP contribution in [0.5, 0.6) is 11.5 Å². The highest BCUT2D eigenvalue weighted by Crippen LogP contribution is 2.31. The number of hydrogen-bond acceptors (Lipinski definition) is 5. The number of hydrogen-bond donors (Lipinski definition) is 2. The number of rotatable bonds is 4. The van der Waals surface area contributed by atoms with Gasteiger partial charge < -0.3 is 15.2 Å². The molecule has 1 fully saturated rings. The lowest BCUT2D eigenvalue weighted by molar-refractivity contribution is -0.115. The van der Waals surface area contributed by atoms with Gasteiger partial charge in [0.15, 0.2) is 16.7 Å². The number of phenolic OH excluding ortho intramolecular Hbond substituents is 1. The third-order valence-corrected chi connectivity index (χ3v) is 4.20. The average molecular weight is 358 g/mol. The number of ether oxygens (including phenoxy) is 1. The van der Waals surface area contributed by atoms with Gasteiger partial charge in [-0.3, -0.25) is 4.79 Å². The van der Waals surface area contributed by atoms with E-state index in [1.165, 1.54) is 42.1 Å². The van der Waals surface area contributed by atoms with E-state index in [-0.39, 0.29) is 17.5 Å². The number of phenols is 1. The molecule has 128 valence electrons. The van der Waals surface area contributed by atoms with Gasteiger partial charge in [0.2, 0.25) is 0 Å². The molecule has 0 aliphatic carbocycles. The molecule has 0 spiro atoms. The van der Waals surface area contributed by atoms with Gasteiger partial charge in [-0.2, -0.15) is 0 Å². The van der Waals surface area contributed by atoms with Crippen molar-refractivity contribution in [2.45, 2.75) is 6.92 Å². The van der Waals surface area contributed by atoms with E-state index in [9.17, 15) is 14.3 Å². The molecule has 0 bridgehead atoms. The highest BCUT2D eigenvalue weighted by molar-refractivity contribution is 8.18. The van der Waals surface area contributed by atoms with E-state index >= 15 is 0 Å². The fourth-order valence-corrected chi connectivity index (χ4v) is 3.00. The molecule has 0 atom stereocenters. The van der Waals surface area contributed by atoms with E-state index in [0.29, 0.717) is 28.1 Å². The Hall–Kier alpha value is -2.80. The molecular formula is C18H15FN2O3S. The van der Waals surface area contributed by atoms with Crippen LogP contribution in [0.3, 0.4) is 0 Å². The standard InChI is InChI=1S/C18H15FN2O3S/c1-2-24-15-9-11(3-8-14(15)22)10-16-17(23)21-18(25-16)20-13-6-4-12(19)5-7-13/h3-10,22H,2H2,1H3,(H,20,21,23). The second-order valence-electron chi connectivity index (χ2n) is 5.12. The van der Waals surface area contributed by atoms with E-state index in [1.807, 2.05) is 6.92 Å². The molecule has 0 saturated carbocycles. The molecule has 1 aliphatic rings. The lowest BCUT2D eigenvalue weighted by Crippen LogP contribution is -2.19. The van der Waals surface area contributed by atoms with Gasteiger partial charge in [-0.15, -0.1) is 0 Å². The lowest BCUT2D eigenvalue weighted by Gasteiger charge is -2.06. The molecule has 1 saturated heterocycles. The van der Waals surface area contributed by atoms with Crippen molar-refractivity contribution in [2.75, 3.05) is 6.61 Å². The van der Waals surface area contributed by atoms with E-state index in [2.05, 4.69) is 10.3 Å². The summed E-state index contributed by atoms with van der Waals surface area (Å²) in [6.45, 7) is 2.25. The Bertz CT molecular complexity index is 863. The summed E-state index contributed by atoms with van der Waals surface area (Å²) in [6.07, 6.45) is 1.69. The Morgan fingerprint density at radius 2 is 2.04 bits per heavy atom. The summed E-state index contributed by atoms with van der Waals surface area (Å²) in [5, 5.41) is 12.8. The van der Waals surface area contributed by atoms with E-state index in [0.717, 1.165) is 5.56 Å². The summed E-state index contributed by atoms with van der Waals surface area (Å²) in [5.74, 6) is -0.200. The molecule has 0 aromatic heterocycles. The molecule has 7 heteroatoms. The number of thioether (sulfide) groups is 1. The van der Waals surface area contributed by atoms with Gasteiger partial charge in [0.1, 0.15) is 5.82 Å². The normalized spacial score (nSPS) is 17.1. The molecule has 1 heterocycles. The first-order valence-electron chi connectivity index (χ1n) is 7.56. The zero-order valence-corrected chi connectivity index (χ0v) is 14.1. The predicted octanol–water partition coefficient (Wildman–Crippen LogP) is 3.82. The average Bonchev–Trinajstić information content (AvgIpc) is 2.92. The number of halogens is 1. The van der Waals surface area contributed by atoms with Crippen molar-refractivity contribution < 1.29 is 19.0 Å². The smallest absolute Gasteiger partial charge is 0.264 e. The van der Waals surface area contributed by atoms with Gasteiger partial charge in [0, 0.05) is 0 Å². The Labute approximate surface area is 148 Å². The van der Waals surface area contributed by atoms with Crippen LogP contribution in [0.2, 0.25) is 0 Å². The third-order valence-electron chi connectivity index (χ3n) is 3.29. The van der Waals surface area contributed by atoms with Crippen molar-refractivity contribution in [3.05, 3.63) is 58.8 Å². The first kappa shape index (κ1) is 17.0. The molecule has 25 heavy (non-hydrogen) atoms. The van der Waals surface area contributed by atoms with E-state index in [1.54, 1.807) is 18.2 Å². The number of amidine groups is 1. The first-order valence-corrected chi connectivity index (χ1v) is 8.38. The van der Waals surface area contributed by atoms with Crippen molar-refractivity contribution in [1.82, 2.24) is 5.32 Å². The summed E-state index contributed by atoms with van der Waals surface area (Å²) >= 11 is 1.19. The molecule has 1 aliphatic heterocycles. The Morgan fingerprint density at radius 3 is 2.76 bits per heavy atom. The summed E-state index contributed by atoms with van der Waals surface area (Å²) in [5.41, 5.74) is 1.27. The first-order chi connectivity index (χ1) is 12.0. The van der Waals surface area contributed by atoms with Crippen molar-refractivity contribution in [1.29, 1.82) is 0 Å². The van der Waals surface area contributed by atoms with Crippen LogP contribution in [0.15, 0.2) is 52.4 Å². The number of benzene rings is 2. The molecule has 3 rings (SSSR count). The second-order valence-corrected chi connectivity index (χ2v) is 6.15. The number of nitrogens with one attached hydrogen (secondary N) is 1. The minimum atomic E-state index is -0.343. The topological polar surface area (TPSA) is 70.9 Å². The molecule has 2 aromatic carbocycles. The Balaban J connectivity index is 1.81. The van der Waals surface area contributed by atoms with Crippen LogP contribution >= 0.6 is 11.8 Å². The molecule has 0 unspecified atom stereocenters. The van der Waals surface area contributed by atoms with Gasteiger partial charge in [-0.25, -0.2) is 9.38 Å². The summed E-state index contributed by atoms with van der Waals surface area (Å²) < 4.78 is 18.3. The van der Waals surface area contributed by atoms with Crippen LogP contribution in [0.25, 0.3) is 6.08 Å². The fourth-order valence-electron chi connectivity index (χ4n) is 2.16. The van der Waals surface area contributed by atoms with Gasteiger partial charge in [-0.05, 0) is 66.7 Å². The maximum Gasteiger partial charge on any atom is 0.264 e. The predicted molar refractivity (Wildman–Crippen MR) is 96.5 cm³/mol. The van der Waals surface area contributed by atoms with Gasteiger partial charge >= 0.3 is 0 Å². The lowest BCUT2D eigenvalue weighted by atomic mass is 10.2. The van der Waals surface area contributed by atoms with Gasteiger partial charge in [0.25, 0.3) is 5.91 Å². The fraction of sp³-hybridized carbons (Fsp3) is 0.111. The van der Waals surface area contributed by atoms with Gasteiger partial charge in [0.05, 0.1) is 17.2 Å². The quantitative estimate of drug-likeness (QED) is 0.815. The number of carbonyl (C=O) groups excluding carboxylic acids is 1.